The Kier molecular flexibility index (Phi) is 5.16. The third kappa shape index (κ3) is 3.80. The van der Waals surface area contributed by atoms with Crippen LogP contribution in [-0.4, -0.2) is 43.8 Å². The number of hydrogen-bond donors (Lipinski definition) is 0. The van der Waals surface area contributed by atoms with E-state index < -0.39 is 0 Å². The lowest BCUT2D eigenvalue weighted by Gasteiger charge is -2.26. The molecule has 0 saturated carbocycles. The Morgan fingerprint density at radius 1 is 1.56 bits per heavy atom. The standard InChI is InChI=1S/C13H19NO3S/c1-2-17-13(15)10-16-7-6-14-5-3-12-11(9-14)4-8-18-12/h4,8H,2-3,5-7,9-10H2,1H3. The van der Waals surface area contributed by atoms with Crippen LogP contribution in [0.4, 0.5) is 0 Å². The van der Waals surface area contributed by atoms with Crippen molar-refractivity contribution in [1.29, 1.82) is 0 Å². The van der Waals surface area contributed by atoms with Gasteiger partial charge in [-0.3, -0.25) is 4.90 Å². The average molecular weight is 269 g/mol. The summed E-state index contributed by atoms with van der Waals surface area (Å²) in [5, 5.41) is 2.16. The maximum absolute atomic E-state index is 11.1. The monoisotopic (exact) mass is 269 g/mol. The van der Waals surface area contributed by atoms with Gasteiger partial charge in [0.15, 0.2) is 0 Å². The van der Waals surface area contributed by atoms with E-state index in [0.717, 1.165) is 26.1 Å². The molecule has 1 aliphatic heterocycles. The predicted octanol–water partition coefficient (Wildman–Crippen LogP) is 1.69. The van der Waals surface area contributed by atoms with E-state index in [2.05, 4.69) is 16.3 Å². The van der Waals surface area contributed by atoms with Gasteiger partial charge >= 0.3 is 5.97 Å². The first kappa shape index (κ1) is 13.5. The van der Waals surface area contributed by atoms with Gasteiger partial charge in [-0.2, -0.15) is 0 Å². The highest BCUT2D eigenvalue weighted by Crippen LogP contribution is 2.23. The first-order valence-corrected chi connectivity index (χ1v) is 7.18. The third-order valence-electron chi connectivity index (χ3n) is 2.96. The van der Waals surface area contributed by atoms with Crippen LogP contribution >= 0.6 is 11.3 Å². The fourth-order valence-corrected chi connectivity index (χ4v) is 2.94. The molecule has 5 heteroatoms. The molecule has 0 fully saturated rings. The number of ether oxygens (including phenoxy) is 2. The molecule has 0 aromatic carbocycles. The minimum atomic E-state index is -0.281. The normalized spacial score (nSPS) is 15.4. The topological polar surface area (TPSA) is 38.8 Å². The van der Waals surface area contributed by atoms with Crippen molar-refractivity contribution in [2.75, 3.05) is 32.9 Å². The lowest BCUT2D eigenvalue weighted by Crippen LogP contribution is -2.33. The fourth-order valence-electron chi connectivity index (χ4n) is 2.05. The van der Waals surface area contributed by atoms with Gasteiger partial charge in [0.25, 0.3) is 0 Å². The summed E-state index contributed by atoms with van der Waals surface area (Å²) < 4.78 is 10.1. The average Bonchev–Trinajstić information content (AvgIpc) is 2.82. The Balaban J connectivity index is 1.62. The molecule has 2 rings (SSSR count). The summed E-state index contributed by atoms with van der Waals surface area (Å²) in [6.07, 6.45) is 1.13. The first-order chi connectivity index (χ1) is 8.79. The summed E-state index contributed by atoms with van der Waals surface area (Å²) in [5.41, 5.74) is 1.44. The zero-order valence-electron chi connectivity index (χ0n) is 10.7. The molecular weight excluding hydrogens is 250 g/mol. The van der Waals surface area contributed by atoms with Crippen LogP contribution in [0.1, 0.15) is 17.4 Å². The molecule has 0 spiro atoms. The van der Waals surface area contributed by atoms with Crippen LogP contribution in [0, 0.1) is 0 Å². The molecule has 0 amide bonds. The van der Waals surface area contributed by atoms with Gasteiger partial charge in [0.2, 0.25) is 0 Å². The van der Waals surface area contributed by atoms with E-state index in [4.69, 9.17) is 9.47 Å². The third-order valence-corrected chi connectivity index (χ3v) is 3.99. The van der Waals surface area contributed by atoms with Gasteiger partial charge in [-0.05, 0) is 30.4 Å². The van der Waals surface area contributed by atoms with E-state index in [0.29, 0.717) is 13.2 Å². The van der Waals surface area contributed by atoms with Crippen LogP contribution in [0.3, 0.4) is 0 Å². The quantitative estimate of drug-likeness (QED) is 0.582. The molecule has 0 N–H and O–H groups in total. The van der Waals surface area contributed by atoms with Crippen LogP contribution in [0.15, 0.2) is 11.4 Å². The Morgan fingerprint density at radius 3 is 3.28 bits per heavy atom. The van der Waals surface area contributed by atoms with Gasteiger partial charge < -0.3 is 9.47 Å². The number of carbonyl (C=O) groups excluding carboxylic acids is 1. The summed E-state index contributed by atoms with van der Waals surface area (Å²) in [7, 11) is 0. The van der Waals surface area contributed by atoms with Crippen LogP contribution in [0.2, 0.25) is 0 Å². The number of fused-ring (bicyclic) bond motifs is 1. The molecule has 1 aliphatic rings. The second kappa shape index (κ2) is 6.87. The van der Waals surface area contributed by atoms with Crippen molar-refractivity contribution >= 4 is 17.3 Å². The van der Waals surface area contributed by atoms with E-state index in [1.54, 1.807) is 6.92 Å². The molecule has 1 aromatic heterocycles. The van der Waals surface area contributed by atoms with Gasteiger partial charge in [0.05, 0.1) is 13.2 Å². The molecule has 4 nitrogen and oxygen atoms in total. The lowest BCUT2D eigenvalue weighted by molar-refractivity contribution is -0.148. The van der Waals surface area contributed by atoms with Crippen molar-refractivity contribution in [3.8, 4) is 0 Å². The van der Waals surface area contributed by atoms with Gasteiger partial charge in [-0.25, -0.2) is 4.79 Å². The minimum Gasteiger partial charge on any atom is -0.464 e. The van der Waals surface area contributed by atoms with E-state index >= 15 is 0 Å². The Hall–Kier alpha value is -0.910. The zero-order valence-corrected chi connectivity index (χ0v) is 11.5. The highest BCUT2D eigenvalue weighted by Gasteiger charge is 2.16. The van der Waals surface area contributed by atoms with Crippen molar-refractivity contribution < 1.29 is 14.3 Å². The number of thiophene rings is 1. The molecule has 0 saturated heterocycles. The van der Waals surface area contributed by atoms with Gasteiger partial charge in [-0.15, -0.1) is 11.3 Å². The minimum absolute atomic E-state index is 0.0609. The smallest absolute Gasteiger partial charge is 0.332 e. The van der Waals surface area contributed by atoms with E-state index in [1.165, 1.54) is 10.4 Å². The van der Waals surface area contributed by atoms with E-state index in [1.807, 2.05) is 11.3 Å². The second-order valence-corrected chi connectivity index (χ2v) is 5.25. The number of hydrogen-bond acceptors (Lipinski definition) is 5. The molecule has 1 aromatic rings. The maximum Gasteiger partial charge on any atom is 0.332 e. The van der Waals surface area contributed by atoms with Crippen molar-refractivity contribution in [2.45, 2.75) is 19.9 Å². The lowest BCUT2D eigenvalue weighted by atomic mass is 10.1. The highest BCUT2D eigenvalue weighted by atomic mass is 32.1. The number of nitrogens with zero attached hydrogens (tertiary/aromatic N) is 1. The summed E-state index contributed by atoms with van der Waals surface area (Å²) in [6.45, 7) is 5.80. The largest absolute Gasteiger partial charge is 0.464 e. The molecule has 100 valence electrons. The molecular formula is C13H19NO3S. The molecule has 0 bridgehead atoms. The molecule has 18 heavy (non-hydrogen) atoms. The Labute approximate surface area is 111 Å². The van der Waals surface area contributed by atoms with Crippen molar-refractivity contribution in [2.24, 2.45) is 0 Å². The van der Waals surface area contributed by atoms with Crippen molar-refractivity contribution in [3.05, 3.63) is 21.9 Å². The summed E-state index contributed by atoms with van der Waals surface area (Å²) in [5.74, 6) is -0.281. The van der Waals surface area contributed by atoms with Crippen LogP contribution in [0.5, 0.6) is 0 Å². The highest BCUT2D eigenvalue weighted by molar-refractivity contribution is 7.10. The number of esters is 1. The van der Waals surface area contributed by atoms with Gasteiger partial charge in [0.1, 0.15) is 6.61 Å². The first-order valence-electron chi connectivity index (χ1n) is 6.30. The fraction of sp³-hybridized carbons (Fsp3) is 0.615. The molecule has 0 atom stereocenters. The van der Waals surface area contributed by atoms with Crippen molar-refractivity contribution in [1.82, 2.24) is 4.90 Å². The van der Waals surface area contributed by atoms with Gasteiger partial charge in [0, 0.05) is 24.5 Å². The maximum atomic E-state index is 11.1. The zero-order chi connectivity index (χ0) is 12.8. The van der Waals surface area contributed by atoms with Crippen LogP contribution in [0.25, 0.3) is 0 Å². The summed E-state index contributed by atoms with van der Waals surface area (Å²) in [6, 6.07) is 2.20. The predicted molar refractivity (Wildman–Crippen MR) is 70.8 cm³/mol. The SMILES string of the molecule is CCOC(=O)COCCN1CCc2sccc2C1. The number of rotatable bonds is 6. The van der Waals surface area contributed by atoms with Crippen molar-refractivity contribution in [3.63, 3.8) is 0 Å². The van der Waals surface area contributed by atoms with E-state index in [9.17, 15) is 4.79 Å². The van der Waals surface area contributed by atoms with Crippen LogP contribution < -0.4 is 0 Å². The Bertz CT molecular complexity index is 391. The van der Waals surface area contributed by atoms with Gasteiger partial charge in [-0.1, -0.05) is 0 Å². The Morgan fingerprint density at radius 2 is 2.44 bits per heavy atom. The van der Waals surface area contributed by atoms with E-state index in [-0.39, 0.29) is 12.6 Å². The molecule has 0 unspecified atom stereocenters. The second-order valence-electron chi connectivity index (χ2n) is 4.25. The van der Waals surface area contributed by atoms with Crippen LogP contribution in [-0.2, 0) is 27.2 Å². The molecule has 0 aliphatic carbocycles. The molecule has 0 radical (unpaired) electrons. The summed E-state index contributed by atoms with van der Waals surface area (Å²) in [4.78, 5) is 14.9. The summed E-state index contributed by atoms with van der Waals surface area (Å²) >= 11 is 1.85. The number of carbonyl (C=O) groups is 1. The molecule has 2 heterocycles.